The first-order chi connectivity index (χ1) is 20.0. The molecule has 3 amide bonds. The molecule has 1 aromatic carbocycles. The SMILES string of the molecule is C=CCN(CCCC)C(=O)C1N([C@@H](CO)C(C)C)C(=O)[C@@H]2[C@H](C(=O)N(CC=C)Cc3ccccc3)[C@@]3(C)OC12CC3C. The Morgan fingerprint density at radius 3 is 2.36 bits per heavy atom. The molecule has 1 spiro atoms. The van der Waals surface area contributed by atoms with Crippen molar-refractivity contribution in [1.29, 1.82) is 0 Å². The van der Waals surface area contributed by atoms with Gasteiger partial charge in [0.1, 0.15) is 11.6 Å². The van der Waals surface area contributed by atoms with E-state index in [-0.39, 0.29) is 36.2 Å². The lowest BCUT2D eigenvalue weighted by atomic mass is 9.62. The summed E-state index contributed by atoms with van der Waals surface area (Å²) in [5.74, 6) is -2.41. The molecule has 3 aliphatic heterocycles. The second-order valence-electron chi connectivity index (χ2n) is 12.9. The zero-order valence-corrected chi connectivity index (χ0v) is 26.0. The number of benzene rings is 1. The van der Waals surface area contributed by atoms with Gasteiger partial charge in [-0.1, -0.05) is 76.6 Å². The van der Waals surface area contributed by atoms with E-state index < -0.39 is 35.1 Å². The van der Waals surface area contributed by atoms with Crippen LogP contribution >= 0.6 is 0 Å². The second-order valence-corrected chi connectivity index (χ2v) is 12.9. The summed E-state index contributed by atoms with van der Waals surface area (Å²) >= 11 is 0. The third-order valence-electron chi connectivity index (χ3n) is 9.89. The average Bonchev–Trinajstić information content (AvgIpc) is 3.47. The summed E-state index contributed by atoms with van der Waals surface area (Å²) in [4.78, 5) is 48.8. The second kappa shape index (κ2) is 12.7. The van der Waals surface area contributed by atoms with Crippen LogP contribution in [-0.4, -0.2) is 87.1 Å². The number of hydrogen-bond acceptors (Lipinski definition) is 5. The van der Waals surface area contributed by atoms with Crippen molar-refractivity contribution in [2.24, 2.45) is 23.7 Å². The first-order valence-corrected chi connectivity index (χ1v) is 15.5. The summed E-state index contributed by atoms with van der Waals surface area (Å²) in [7, 11) is 0. The van der Waals surface area contributed by atoms with Crippen molar-refractivity contribution in [2.75, 3.05) is 26.2 Å². The fraction of sp³-hybridized carbons (Fsp3) is 0.618. The van der Waals surface area contributed by atoms with Gasteiger partial charge in [0.05, 0.1) is 30.1 Å². The van der Waals surface area contributed by atoms with Crippen molar-refractivity contribution < 1.29 is 24.2 Å². The van der Waals surface area contributed by atoms with Gasteiger partial charge in [-0.25, -0.2) is 0 Å². The molecule has 0 aliphatic carbocycles. The smallest absolute Gasteiger partial charge is 0.248 e. The molecule has 230 valence electrons. The third kappa shape index (κ3) is 5.21. The maximum Gasteiger partial charge on any atom is 0.248 e. The van der Waals surface area contributed by atoms with E-state index in [4.69, 9.17) is 4.74 Å². The highest BCUT2D eigenvalue weighted by atomic mass is 16.5. The number of nitrogens with zero attached hydrogens (tertiary/aromatic N) is 3. The van der Waals surface area contributed by atoms with Crippen LogP contribution in [0.2, 0.25) is 0 Å². The van der Waals surface area contributed by atoms with Gasteiger partial charge in [0, 0.05) is 26.2 Å². The Kier molecular flexibility index (Phi) is 9.68. The summed E-state index contributed by atoms with van der Waals surface area (Å²) in [5.41, 5.74) is -1.10. The van der Waals surface area contributed by atoms with Gasteiger partial charge in [-0.2, -0.15) is 0 Å². The largest absolute Gasteiger partial charge is 0.394 e. The van der Waals surface area contributed by atoms with Crippen LogP contribution in [0.4, 0.5) is 0 Å². The molecule has 4 rings (SSSR count). The molecule has 0 saturated carbocycles. The summed E-state index contributed by atoms with van der Waals surface area (Å²) in [5, 5.41) is 10.5. The highest BCUT2D eigenvalue weighted by molar-refractivity contribution is 5.99. The minimum Gasteiger partial charge on any atom is -0.394 e. The minimum atomic E-state index is -1.16. The average molecular weight is 580 g/mol. The van der Waals surface area contributed by atoms with Crippen molar-refractivity contribution in [3.63, 3.8) is 0 Å². The van der Waals surface area contributed by atoms with Crippen LogP contribution in [0.25, 0.3) is 0 Å². The molecule has 8 heteroatoms. The van der Waals surface area contributed by atoms with Crippen LogP contribution in [0.1, 0.15) is 59.4 Å². The van der Waals surface area contributed by atoms with E-state index >= 15 is 0 Å². The molecular formula is C34H49N3O5. The number of carbonyl (C=O) groups excluding carboxylic acids is 3. The van der Waals surface area contributed by atoms with Gasteiger partial charge in [-0.05, 0) is 37.2 Å². The van der Waals surface area contributed by atoms with E-state index in [0.29, 0.717) is 32.6 Å². The first kappa shape index (κ1) is 32.0. The Morgan fingerprint density at radius 1 is 1.14 bits per heavy atom. The molecule has 42 heavy (non-hydrogen) atoms. The molecule has 1 aromatic rings. The number of aliphatic hydroxyl groups is 1. The maximum atomic E-state index is 14.6. The fourth-order valence-electron chi connectivity index (χ4n) is 7.67. The van der Waals surface area contributed by atoms with Crippen molar-refractivity contribution in [1.82, 2.24) is 14.7 Å². The topological polar surface area (TPSA) is 90.4 Å². The van der Waals surface area contributed by atoms with Crippen LogP contribution < -0.4 is 0 Å². The fourth-order valence-corrected chi connectivity index (χ4v) is 7.67. The van der Waals surface area contributed by atoms with Gasteiger partial charge in [0.25, 0.3) is 0 Å². The Bertz CT molecular complexity index is 1170. The Balaban J connectivity index is 1.83. The quantitative estimate of drug-likeness (QED) is 0.336. The standard InChI is InChI=1S/C34H49N3O5/c1-8-11-19-35(17-9-2)32(41)29-34-20-24(6)33(7,42-34)27(28(34)31(40)37(29)26(22-38)23(4)5)30(39)36(18-10-3)21-25-15-13-12-14-16-25/h9-10,12-16,23-24,26-29,38H,2-3,8,11,17-22H2,1,4-7H3/t24?,26-,27+,28-,29?,33-,34?/m0/s1. The number of hydrogen-bond donors (Lipinski definition) is 1. The monoisotopic (exact) mass is 579 g/mol. The van der Waals surface area contributed by atoms with E-state index in [1.165, 1.54) is 0 Å². The van der Waals surface area contributed by atoms with Crippen LogP contribution in [0.3, 0.4) is 0 Å². The number of aliphatic hydroxyl groups excluding tert-OH is 1. The molecule has 3 unspecified atom stereocenters. The first-order valence-electron chi connectivity index (χ1n) is 15.5. The molecule has 3 fully saturated rings. The van der Waals surface area contributed by atoms with E-state index in [0.717, 1.165) is 18.4 Å². The molecular weight excluding hydrogens is 530 g/mol. The van der Waals surface area contributed by atoms with Crippen molar-refractivity contribution in [2.45, 2.75) is 83.7 Å². The molecule has 0 radical (unpaired) electrons. The number of amides is 3. The lowest BCUT2D eigenvalue weighted by molar-refractivity contribution is -0.158. The molecule has 7 atom stereocenters. The van der Waals surface area contributed by atoms with Crippen LogP contribution in [0.5, 0.6) is 0 Å². The predicted octanol–water partition coefficient (Wildman–Crippen LogP) is 4.04. The number of ether oxygens (including phenoxy) is 1. The summed E-state index contributed by atoms with van der Waals surface area (Å²) < 4.78 is 6.95. The van der Waals surface area contributed by atoms with Crippen LogP contribution in [-0.2, 0) is 25.7 Å². The van der Waals surface area contributed by atoms with Gasteiger partial charge in [-0.3, -0.25) is 14.4 Å². The van der Waals surface area contributed by atoms with Gasteiger partial charge < -0.3 is 24.5 Å². The number of fused-ring (bicyclic) bond motifs is 1. The zero-order chi connectivity index (χ0) is 30.8. The van der Waals surface area contributed by atoms with Crippen LogP contribution in [0, 0.1) is 23.7 Å². The highest BCUT2D eigenvalue weighted by Gasteiger charge is 2.80. The van der Waals surface area contributed by atoms with E-state index in [2.05, 4.69) is 27.0 Å². The van der Waals surface area contributed by atoms with E-state index in [1.807, 2.05) is 51.1 Å². The highest BCUT2D eigenvalue weighted by Crippen LogP contribution is 2.66. The predicted molar refractivity (Wildman–Crippen MR) is 163 cm³/mol. The lowest BCUT2D eigenvalue weighted by Gasteiger charge is -2.40. The Hall–Kier alpha value is -2.97. The van der Waals surface area contributed by atoms with Gasteiger partial charge in [0.15, 0.2) is 0 Å². The van der Waals surface area contributed by atoms with E-state index in [1.54, 1.807) is 26.9 Å². The summed E-state index contributed by atoms with van der Waals surface area (Å²) in [6.07, 6.45) is 5.62. The molecule has 2 bridgehead atoms. The Morgan fingerprint density at radius 2 is 1.79 bits per heavy atom. The zero-order valence-electron chi connectivity index (χ0n) is 26.0. The van der Waals surface area contributed by atoms with Crippen molar-refractivity contribution in [3.8, 4) is 0 Å². The van der Waals surface area contributed by atoms with Gasteiger partial charge >= 0.3 is 0 Å². The van der Waals surface area contributed by atoms with Gasteiger partial charge in [0.2, 0.25) is 17.7 Å². The molecule has 1 N–H and O–H groups in total. The van der Waals surface area contributed by atoms with Crippen LogP contribution in [0.15, 0.2) is 55.6 Å². The molecule has 0 aromatic heterocycles. The summed E-state index contributed by atoms with van der Waals surface area (Å²) in [6, 6.07) is 8.24. The lowest BCUT2D eigenvalue weighted by Crippen LogP contribution is -2.59. The normalized spacial score (nSPS) is 30.4. The number of rotatable bonds is 14. The van der Waals surface area contributed by atoms with Crippen molar-refractivity contribution in [3.05, 3.63) is 61.2 Å². The number of likely N-dealkylation sites (tertiary alicyclic amines) is 1. The molecule has 3 heterocycles. The van der Waals surface area contributed by atoms with Gasteiger partial charge in [-0.15, -0.1) is 13.2 Å². The molecule has 8 nitrogen and oxygen atoms in total. The number of unbranched alkanes of at least 4 members (excludes halogenated alkanes) is 1. The van der Waals surface area contributed by atoms with Crippen molar-refractivity contribution >= 4 is 17.7 Å². The molecule has 3 aliphatic rings. The maximum absolute atomic E-state index is 14.6. The molecule has 3 saturated heterocycles. The minimum absolute atomic E-state index is 0.0665. The summed E-state index contributed by atoms with van der Waals surface area (Å²) in [6.45, 7) is 19.0. The Labute approximate surface area is 251 Å². The number of carbonyl (C=O) groups is 3. The van der Waals surface area contributed by atoms with E-state index in [9.17, 15) is 19.5 Å². The third-order valence-corrected chi connectivity index (χ3v) is 9.89.